The second-order valence-corrected chi connectivity index (χ2v) is 11.1. The fraction of sp³-hybridized carbons (Fsp3) is 0.387. The van der Waals surface area contributed by atoms with Gasteiger partial charge in [0.1, 0.15) is 35.2 Å². The van der Waals surface area contributed by atoms with Crippen molar-refractivity contribution in [2.75, 3.05) is 25.0 Å². The molecular weight excluding hydrogens is 512 g/mol. The maximum absolute atomic E-state index is 16.5. The van der Waals surface area contributed by atoms with Crippen molar-refractivity contribution in [3.63, 3.8) is 0 Å². The summed E-state index contributed by atoms with van der Waals surface area (Å²) in [5.74, 6) is 1.47. The fourth-order valence-electron chi connectivity index (χ4n) is 6.86. The van der Waals surface area contributed by atoms with Crippen molar-refractivity contribution in [2.24, 2.45) is 0 Å². The number of terminal acetylenes is 1. The molecular formula is C31H29F2N5O2. The van der Waals surface area contributed by atoms with Crippen LogP contribution >= 0.6 is 0 Å². The van der Waals surface area contributed by atoms with Gasteiger partial charge < -0.3 is 15.2 Å². The topological polar surface area (TPSA) is 83.4 Å². The number of phenolic OH excluding ortho intramolecular Hbond substituents is 1. The molecule has 0 aliphatic carbocycles. The zero-order valence-electron chi connectivity index (χ0n) is 22.2. The summed E-state index contributed by atoms with van der Waals surface area (Å²) < 4.78 is 37.5. The lowest BCUT2D eigenvalue weighted by molar-refractivity contribution is 0.108. The zero-order chi connectivity index (χ0) is 27.6. The smallest absolute Gasteiger partial charge is 0.319 e. The molecule has 3 aliphatic heterocycles. The van der Waals surface area contributed by atoms with Crippen LogP contribution in [0.2, 0.25) is 0 Å². The van der Waals surface area contributed by atoms with E-state index >= 15 is 4.39 Å². The molecule has 1 unspecified atom stereocenters. The molecule has 0 bridgehead atoms. The second kappa shape index (κ2) is 9.27. The Morgan fingerprint density at radius 1 is 1.15 bits per heavy atom. The highest BCUT2D eigenvalue weighted by molar-refractivity contribution is 6.03. The lowest BCUT2D eigenvalue weighted by Crippen LogP contribution is -2.43. The van der Waals surface area contributed by atoms with Gasteiger partial charge in [-0.25, -0.2) is 13.8 Å². The van der Waals surface area contributed by atoms with Crippen LogP contribution in [0, 0.1) is 24.0 Å². The first-order valence-electron chi connectivity index (χ1n) is 13.9. The molecule has 2 aromatic carbocycles. The molecule has 7 nitrogen and oxygen atoms in total. The zero-order valence-corrected chi connectivity index (χ0v) is 22.2. The Labute approximate surface area is 230 Å². The minimum Gasteiger partial charge on any atom is -0.508 e. The maximum Gasteiger partial charge on any atom is 0.319 e. The number of rotatable bonds is 5. The molecule has 5 heterocycles. The molecule has 2 aromatic heterocycles. The Balaban J connectivity index is 1.42. The summed E-state index contributed by atoms with van der Waals surface area (Å²) in [6.07, 6.45) is 11.4. The lowest BCUT2D eigenvalue weighted by Gasteiger charge is -2.31. The number of fused-ring (bicyclic) bond motifs is 2. The summed E-state index contributed by atoms with van der Waals surface area (Å²) in [5.41, 5.74) is 0.834. The van der Waals surface area contributed by atoms with Gasteiger partial charge in [-0.2, -0.15) is 9.97 Å². The SMILES string of the molecule is C#Cc1c(F)ccc2cc(O)cc(-c3nc4c5c(nc(OCC67CCCN6CCC7)nc5c3F)NC(CC)C4)c12. The Kier molecular flexibility index (Phi) is 5.79. The third-order valence-corrected chi connectivity index (χ3v) is 8.85. The highest BCUT2D eigenvalue weighted by Crippen LogP contribution is 2.42. The van der Waals surface area contributed by atoms with Crippen LogP contribution in [0.4, 0.5) is 14.6 Å². The standard InChI is InChI=1S/C31H29F2N5O2/c1-3-18-14-23-25-28(36-30(37-29(25)34-18)40-16-31-9-5-11-38(31)12-6-10-31)26(33)27(35-23)21-15-19(39)13-17-7-8-22(32)20(4-2)24(17)21/h2,7-8,13,15,18,39H,3,5-6,9-12,14,16H2,1H3,(H,34,36,37). The summed E-state index contributed by atoms with van der Waals surface area (Å²) in [7, 11) is 0. The predicted molar refractivity (Wildman–Crippen MR) is 149 cm³/mol. The van der Waals surface area contributed by atoms with Crippen molar-refractivity contribution in [3.05, 3.63) is 47.2 Å². The van der Waals surface area contributed by atoms with Gasteiger partial charge in [0.2, 0.25) is 0 Å². The molecule has 40 heavy (non-hydrogen) atoms. The molecule has 0 spiro atoms. The van der Waals surface area contributed by atoms with Gasteiger partial charge in [0.25, 0.3) is 0 Å². The third-order valence-electron chi connectivity index (χ3n) is 8.85. The molecule has 7 rings (SSSR count). The Morgan fingerprint density at radius 3 is 2.70 bits per heavy atom. The first-order chi connectivity index (χ1) is 19.4. The highest BCUT2D eigenvalue weighted by atomic mass is 19.1. The number of hydrogen-bond acceptors (Lipinski definition) is 7. The second-order valence-electron chi connectivity index (χ2n) is 11.1. The molecule has 2 saturated heterocycles. The molecule has 9 heteroatoms. The number of ether oxygens (including phenoxy) is 1. The summed E-state index contributed by atoms with van der Waals surface area (Å²) in [6.45, 7) is 4.64. The number of aromatic nitrogens is 3. The third kappa shape index (κ3) is 3.77. The molecule has 2 fully saturated rings. The average molecular weight is 542 g/mol. The van der Waals surface area contributed by atoms with E-state index in [4.69, 9.17) is 16.1 Å². The summed E-state index contributed by atoms with van der Waals surface area (Å²) in [5, 5.41) is 15.2. The Morgan fingerprint density at radius 2 is 1.95 bits per heavy atom. The van der Waals surface area contributed by atoms with Crippen molar-refractivity contribution in [1.82, 2.24) is 19.9 Å². The quantitative estimate of drug-likeness (QED) is 0.320. The first kappa shape index (κ1) is 25.0. The number of halogens is 2. The number of phenols is 1. The average Bonchev–Trinajstić information content (AvgIpc) is 3.54. The molecule has 3 aliphatic rings. The van der Waals surface area contributed by atoms with Gasteiger partial charge in [-0.15, -0.1) is 6.42 Å². The van der Waals surface area contributed by atoms with E-state index in [2.05, 4.69) is 33.0 Å². The van der Waals surface area contributed by atoms with Gasteiger partial charge in [0.15, 0.2) is 5.82 Å². The van der Waals surface area contributed by atoms with Crippen molar-refractivity contribution >= 4 is 27.5 Å². The van der Waals surface area contributed by atoms with Crippen LogP contribution in [0.15, 0.2) is 24.3 Å². The monoisotopic (exact) mass is 541 g/mol. The Bertz CT molecular complexity index is 1720. The van der Waals surface area contributed by atoms with Gasteiger partial charge >= 0.3 is 6.01 Å². The fourth-order valence-corrected chi connectivity index (χ4v) is 6.86. The molecule has 0 radical (unpaired) electrons. The van der Waals surface area contributed by atoms with Crippen LogP contribution in [0.25, 0.3) is 32.9 Å². The summed E-state index contributed by atoms with van der Waals surface area (Å²) >= 11 is 0. The molecule has 0 amide bonds. The molecule has 2 N–H and O–H groups in total. The summed E-state index contributed by atoms with van der Waals surface area (Å²) in [6, 6.07) is 5.74. The minimum atomic E-state index is -0.704. The van der Waals surface area contributed by atoms with Gasteiger partial charge in [-0.05, 0) is 68.8 Å². The van der Waals surface area contributed by atoms with E-state index in [1.165, 1.54) is 24.3 Å². The van der Waals surface area contributed by atoms with Crippen LogP contribution in [0.5, 0.6) is 11.8 Å². The van der Waals surface area contributed by atoms with E-state index < -0.39 is 11.6 Å². The van der Waals surface area contributed by atoms with E-state index in [1.807, 2.05) is 0 Å². The predicted octanol–water partition coefficient (Wildman–Crippen LogP) is 5.56. The number of hydrogen-bond donors (Lipinski definition) is 2. The van der Waals surface area contributed by atoms with Crippen LogP contribution in [-0.2, 0) is 6.42 Å². The maximum atomic E-state index is 16.5. The number of anilines is 1. The van der Waals surface area contributed by atoms with E-state index in [0.717, 1.165) is 45.2 Å². The van der Waals surface area contributed by atoms with Crippen molar-refractivity contribution < 1.29 is 18.6 Å². The van der Waals surface area contributed by atoms with E-state index in [-0.39, 0.29) is 45.7 Å². The van der Waals surface area contributed by atoms with Crippen LogP contribution in [0.1, 0.15) is 50.3 Å². The summed E-state index contributed by atoms with van der Waals surface area (Å²) in [4.78, 5) is 16.4. The normalized spacial score (nSPS) is 19.5. The number of nitrogens with one attached hydrogen (secondary N) is 1. The minimum absolute atomic E-state index is 0.0140. The molecule has 1 atom stereocenters. The molecule has 0 saturated carbocycles. The highest BCUT2D eigenvalue weighted by Gasteiger charge is 2.45. The van der Waals surface area contributed by atoms with Gasteiger partial charge in [0.05, 0.1) is 22.2 Å². The Hall–Kier alpha value is -4.03. The van der Waals surface area contributed by atoms with Crippen LogP contribution in [-0.4, -0.2) is 56.2 Å². The van der Waals surface area contributed by atoms with E-state index in [9.17, 15) is 9.50 Å². The number of pyridine rings is 1. The lowest BCUT2D eigenvalue weighted by atomic mass is 9.94. The van der Waals surface area contributed by atoms with Gasteiger partial charge in [-0.3, -0.25) is 4.90 Å². The van der Waals surface area contributed by atoms with E-state index in [0.29, 0.717) is 40.7 Å². The number of benzene rings is 2. The molecule has 4 aromatic rings. The van der Waals surface area contributed by atoms with E-state index in [1.54, 1.807) is 0 Å². The van der Waals surface area contributed by atoms with Crippen LogP contribution in [0.3, 0.4) is 0 Å². The number of aromatic hydroxyl groups is 1. The first-order valence-corrected chi connectivity index (χ1v) is 13.9. The molecule has 204 valence electrons. The largest absolute Gasteiger partial charge is 0.508 e. The van der Waals surface area contributed by atoms with Crippen LogP contribution < -0.4 is 10.1 Å². The van der Waals surface area contributed by atoms with Gasteiger partial charge in [0, 0.05) is 23.4 Å². The van der Waals surface area contributed by atoms with Gasteiger partial charge in [-0.1, -0.05) is 18.9 Å². The van der Waals surface area contributed by atoms with Crippen molar-refractivity contribution in [1.29, 1.82) is 0 Å². The number of nitrogens with zero attached hydrogens (tertiary/aromatic N) is 4. The van der Waals surface area contributed by atoms with Crippen molar-refractivity contribution in [3.8, 4) is 35.4 Å². The van der Waals surface area contributed by atoms with Crippen molar-refractivity contribution in [2.45, 2.75) is 57.0 Å².